The van der Waals surface area contributed by atoms with Gasteiger partial charge in [-0.05, 0) is 5.56 Å². The highest BCUT2D eigenvalue weighted by atomic mass is 32.2. The lowest BCUT2D eigenvalue weighted by Crippen LogP contribution is -2.38. The molecular formula is C12H17N3O5S. The number of nitrogens with zero attached hydrogens (tertiary/aromatic N) is 3. The van der Waals surface area contributed by atoms with Crippen LogP contribution in [-0.4, -0.2) is 56.1 Å². The minimum absolute atomic E-state index is 0.104. The zero-order chi connectivity index (χ0) is 16.2. The molecule has 0 saturated heterocycles. The lowest BCUT2D eigenvalue weighted by atomic mass is 10.2. The summed E-state index contributed by atoms with van der Waals surface area (Å²) in [7, 11) is 0.744. The number of non-ortho nitro benzene ring substituents is 1. The molecule has 0 radical (unpaired) electrons. The lowest BCUT2D eigenvalue weighted by Gasteiger charge is -2.19. The lowest BCUT2D eigenvalue weighted by molar-refractivity contribution is -0.384. The SMILES string of the molecule is CN(C)C(=O)CN(C)S(=O)(=O)Cc1ccc([N+](=O)[O-])cc1. The number of amides is 1. The fourth-order valence-corrected chi connectivity index (χ4v) is 2.61. The first kappa shape index (κ1) is 17.1. The summed E-state index contributed by atoms with van der Waals surface area (Å²) in [5, 5.41) is 10.5. The van der Waals surface area contributed by atoms with Gasteiger partial charge >= 0.3 is 0 Å². The molecule has 0 aliphatic carbocycles. The Balaban J connectivity index is 2.80. The molecule has 0 unspecified atom stereocenters. The summed E-state index contributed by atoms with van der Waals surface area (Å²) in [6, 6.07) is 5.26. The third-order valence-corrected chi connectivity index (χ3v) is 4.60. The molecule has 0 fully saturated rings. The highest BCUT2D eigenvalue weighted by molar-refractivity contribution is 7.88. The topological polar surface area (TPSA) is 101 Å². The molecule has 1 rings (SSSR count). The Morgan fingerprint density at radius 1 is 1.19 bits per heavy atom. The number of sulfonamides is 1. The minimum atomic E-state index is -3.66. The van der Waals surface area contributed by atoms with Gasteiger partial charge in [0.1, 0.15) is 0 Å². The molecule has 0 aromatic heterocycles. The zero-order valence-corrected chi connectivity index (χ0v) is 12.8. The van der Waals surface area contributed by atoms with Crippen LogP contribution in [0.5, 0.6) is 0 Å². The fraction of sp³-hybridized carbons (Fsp3) is 0.417. The summed E-state index contributed by atoms with van der Waals surface area (Å²) in [4.78, 5) is 22.8. The van der Waals surface area contributed by atoms with E-state index in [9.17, 15) is 23.3 Å². The van der Waals surface area contributed by atoms with Crippen molar-refractivity contribution < 1.29 is 18.1 Å². The fourth-order valence-electron chi connectivity index (χ4n) is 1.46. The van der Waals surface area contributed by atoms with Crippen molar-refractivity contribution in [1.82, 2.24) is 9.21 Å². The van der Waals surface area contributed by atoms with Gasteiger partial charge in [-0.3, -0.25) is 14.9 Å². The Hall–Kier alpha value is -2.00. The van der Waals surface area contributed by atoms with Crippen LogP contribution in [0.2, 0.25) is 0 Å². The molecule has 1 amide bonds. The Morgan fingerprint density at radius 3 is 2.14 bits per heavy atom. The second kappa shape index (κ2) is 6.64. The maximum Gasteiger partial charge on any atom is 0.269 e. The molecule has 0 saturated carbocycles. The highest BCUT2D eigenvalue weighted by Gasteiger charge is 2.22. The van der Waals surface area contributed by atoms with E-state index in [-0.39, 0.29) is 23.9 Å². The molecule has 116 valence electrons. The Kier molecular flexibility index (Phi) is 5.39. The maximum absolute atomic E-state index is 12.1. The van der Waals surface area contributed by atoms with Crippen molar-refractivity contribution in [2.75, 3.05) is 27.7 Å². The molecule has 0 bridgehead atoms. The molecule has 0 spiro atoms. The quantitative estimate of drug-likeness (QED) is 0.560. The average Bonchev–Trinajstić information content (AvgIpc) is 2.38. The third kappa shape index (κ3) is 4.80. The molecule has 0 aliphatic rings. The van der Waals surface area contributed by atoms with Crippen LogP contribution in [-0.2, 0) is 20.6 Å². The van der Waals surface area contributed by atoms with E-state index in [1.165, 1.54) is 36.2 Å². The van der Waals surface area contributed by atoms with Crippen molar-refractivity contribution in [3.63, 3.8) is 0 Å². The third-order valence-electron chi connectivity index (χ3n) is 2.83. The van der Waals surface area contributed by atoms with Gasteiger partial charge in [0.2, 0.25) is 15.9 Å². The predicted octanol–water partition coefficient (Wildman–Crippen LogP) is 0.445. The van der Waals surface area contributed by atoms with E-state index in [1.54, 1.807) is 14.1 Å². The summed E-state index contributed by atoms with van der Waals surface area (Å²) in [5.74, 6) is -0.646. The van der Waals surface area contributed by atoms with E-state index in [0.717, 1.165) is 4.31 Å². The number of hydrogen-bond donors (Lipinski definition) is 0. The van der Waals surface area contributed by atoms with Crippen LogP contribution in [0.3, 0.4) is 0 Å². The first-order valence-corrected chi connectivity index (χ1v) is 7.62. The van der Waals surface area contributed by atoms with Crippen molar-refractivity contribution in [3.8, 4) is 0 Å². The number of carbonyl (C=O) groups excluding carboxylic acids is 1. The van der Waals surface area contributed by atoms with Gasteiger partial charge in [-0.25, -0.2) is 8.42 Å². The first-order valence-electron chi connectivity index (χ1n) is 6.01. The van der Waals surface area contributed by atoms with Gasteiger partial charge in [0.05, 0.1) is 17.2 Å². The van der Waals surface area contributed by atoms with Crippen LogP contribution in [0.1, 0.15) is 5.56 Å². The van der Waals surface area contributed by atoms with E-state index in [1.807, 2.05) is 0 Å². The van der Waals surface area contributed by atoms with Gasteiger partial charge in [0.25, 0.3) is 5.69 Å². The van der Waals surface area contributed by atoms with Crippen molar-refractivity contribution in [2.24, 2.45) is 0 Å². The van der Waals surface area contributed by atoms with E-state index in [0.29, 0.717) is 5.56 Å². The van der Waals surface area contributed by atoms with E-state index >= 15 is 0 Å². The zero-order valence-electron chi connectivity index (χ0n) is 12.0. The molecule has 1 aromatic rings. The maximum atomic E-state index is 12.1. The summed E-state index contributed by atoms with van der Waals surface area (Å²) >= 11 is 0. The second-order valence-corrected chi connectivity index (χ2v) is 6.80. The molecular weight excluding hydrogens is 298 g/mol. The number of carbonyl (C=O) groups is 1. The summed E-state index contributed by atoms with van der Waals surface area (Å²) < 4.78 is 25.2. The van der Waals surface area contributed by atoms with Crippen LogP contribution in [0.25, 0.3) is 0 Å². The van der Waals surface area contributed by atoms with Crippen LogP contribution in [0.4, 0.5) is 5.69 Å². The van der Waals surface area contributed by atoms with Crippen LogP contribution in [0.15, 0.2) is 24.3 Å². The summed E-state index contributed by atoms with van der Waals surface area (Å²) in [6.07, 6.45) is 0. The first-order chi connectivity index (χ1) is 9.63. The molecule has 0 heterocycles. The Labute approximate surface area is 123 Å². The molecule has 9 heteroatoms. The standard InChI is InChI=1S/C12H17N3O5S/c1-13(2)12(16)8-14(3)21(19,20)9-10-4-6-11(7-5-10)15(17)18/h4-7H,8-9H2,1-3H3. The Bertz CT molecular complexity index is 625. The predicted molar refractivity (Wildman–Crippen MR) is 77.0 cm³/mol. The monoisotopic (exact) mass is 315 g/mol. The van der Waals surface area contributed by atoms with Crippen LogP contribution >= 0.6 is 0 Å². The van der Waals surface area contributed by atoms with Gasteiger partial charge in [-0.15, -0.1) is 0 Å². The highest BCUT2D eigenvalue weighted by Crippen LogP contribution is 2.15. The van der Waals surface area contributed by atoms with Crippen molar-refractivity contribution in [3.05, 3.63) is 39.9 Å². The van der Waals surface area contributed by atoms with Gasteiger partial charge in [-0.1, -0.05) is 12.1 Å². The molecule has 21 heavy (non-hydrogen) atoms. The molecule has 0 aliphatic heterocycles. The van der Waals surface area contributed by atoms with Gasteiger partial charge < -0.3 is 4.90 Å². The number of benzene rings is 1. The largest absolute Gasteiger partial charge is 0.348 e. The van der Waals surface area contributed by atoms with E-state index < -0.39 is 14.9 Å². The summed E-state index contributed by atoms with van der Waals surface area (Å²) in [6.45, 7) is -0.248. The number of nitro groups is 1. The van der Waals surface area contributed by atoms with Crippen molar-refractivity contribution in [1.29, 1.82) is 0 Å². The van der Waals surface area contributed by atoms with Gasteiger partial charge in [0.15, 0.2) is 0 Å². The van der Waals surface area contributed by atoms with Crippen LogP contribution in [0, 0.1) is 10.1 Å². The van der Waals surface area contributed by atoms with Crippen LogP contribution < -0.4 is 0 Å². The second-order valence-electron chi connectivity index (χ2n) is 4.72. The smallest absolute Gasteiger partial charge is 0.269 e. The Morgan fingerprint density at radius 2 is 1.71 bits per heavy atom. The number of rotatable bonds is 6. The normalized spacial score (nSPS) is 11.4. The van der Waals surface area contributed by atoms with Gasteiger partial charge in [0, 0.05) is 33.3 Å². The number of likely N-dealkylation sites (N-methyl/N-ethyl adjacent to an activating group) is 2. The average molecular weight is 315 g/mol. The number of nitro benzene ring substituents is 1. The molecule has 8 nitrogen and oxygen atoms in total. The molecule has 0 atom stereocenters. The molecule has 1 aromatic carbocycles. The van der Waals surface area contributed by atoms with E-state index in [4.69, 9.17) is 0 Å². The molecule has 0 N–H and O–H groups in total. The number of hydrogen-bond acceptors (Lipinski definition) is 5. The van der Waals surface area contributed by atoms with Gasteiger partial charge in [-0.2, -0.15) is 4.31 Å². The van der Waals surface area contributed by atoms with E-state index in [2.05, 4.69) is 0 Å². The van der Waals surface area contributed by atoms with Crippen molar-refractivity contribution in [2.45, 2.75) is 5.75 Å². The van der Waals surface area contributed by atoms with Crippen molar-refractivity contribution >= 4 is 21.6 Å². The summed E-state index contributed by atoms with van der Waals surface area (Å²) in [5.41, 5.74) is 0.317. The minimum Gasteiger partial charge on any atom is -0.348 e.